The van der Waals surface area contributed by atoms with Crippen LogP contribution in [0.3, 0.4) is 0 Å². The number of aliphatic hydroxyl groups is 1. The summed E-state index contributed by atoms with van der Waals surface area (Å²) in [4.78, 5) is 13.7. The van der Waals surface area contributed by atoms with Crippen molar-refractivity contribution in [2.24, 2.45) is 13.0 Å². The Morgan fingerprint density at radius 1 is 1.45 bits per heavy atom. The molecule has 2 N–H and O–H groups in total. The largest absolute Gasteiger partial charge is 0.391 e. The van der Waals surface area contributed by atoms with Gasteiger partial charge in [-0.05, 0) is 31.6 Å². The van der Waals surface area contributed by atoms with Crippen LogP contribution in [0.25, 0.3) is 0 Å². The minimum absolute atomic E-state index is 0.146. The van der Waals surface area contributed by atoms with Crippen LogP contribution < -0.4 is 5.32 Å². The van der Waals surface area contributed by atoms with Gasteiger partial charge in [-0.15, -0.1) is 0 Å². The zero-order valence-corrected chi connectivity index (χ0v) is 14.1. The lowest BCUT2D eigenvalue weighted by molar-refractivity contribution is 0.113. The fourth-order valence-electron chi connectivity index (χ4n) is 2.89. The molecule has 1 heterocycles. The Hall–Kier alpha value is -1.56. The number of urea groups is 1. The van der Waals surface area contributed by atoms with Crippen LogP contribution in [0.1, 0.15) is 43.6 Å². The lowest BCUT2D eigenvalue weighted by atomic mass is 10.1. The molecular weight excluding hydrogens is 280 g/mol. The van der Waals surface area contributed by atoms with E-state index >= 15 is 0 Å². The molecule has 1 saturated carbocycles. The number of aliphatic hydroxyl groups excluding tert-OH is 1. The van der Waals surface area contributed by atoms with E-state index in [4.69, 9.17) is 0 Å². The second-order valence-electron chi connectivity index (χ2n) is 6.15. The van der Waals surface area contributed by atoms with E-state index in [0.717, 1.165) is 42.6 Å². The van der Waals surface area contributed by atoms with Crippen molar-refractivity contribution in [1.82, 2.24) is 20.0 Å². The summed E-state index contributed by atoms with van der Waals surface area (Å²) in [6.45, 7) is 5.05. The van der Waals surface area contributed by atoms with Crippen LogP contribution in [0.4, 0.5) is 4.79 Å². The summed E-state index contributed by atoms with van der Waals surface area (Å²) >= 11 is 0. The first-order valence-electron chi connectivity index (χ1n) is 8.18. The zero-order valence-electron chi connectivity index (χ0n) is 14.1. The minimum Gasteiger partial charge on any atom is -0.391 e. The van der Waals surface area contributed by atoms with E-state index in [-0.39, 0.29) is 6.03 Å². The summed E-state index contributed by atoms with van der Waals surface area (Å²) in [6.07, 6.45) is 3.50. The first kappa shape index (κ1) is 16.8. The van der Waals surface area contributed by atoms with Crippen molar-refractivity contribution in [3.8, 4) is 0 Å². The minimum atomic E-state index is -0.397. The second kappa shape index (κ2) is 7.13. The number of amides is 2. The Labute approximate surface area is 132 Å². The number of carbonyl (C=O) groups excluding carboxylic acids is 1. The third kappa shape index (κ3) is 3.80. The van der Waals surface area contributed by atoms with Crippen molar-refractivity contribution >= 4 is 6.03 Å². The fraction of sp³-hybridized carbons (Fsp3) is 0.750. The number of hydrogen-bond acceptors (Lipinski definition) is 3. The number of aromatic nitrogens is 2. The molecule has 6 nitrogen and oxygen atoms in total. The van der Waals surface area contributed by atoms with E-state index in [0.29, 0.717) is 19.0 Å². The molecule has 0 bridgehead atoms. The molecule has 0 aromatic carbocycles. The van der Waals surface area contributed by atoms with E-state index in [1.165, 1.54) is 0 Å². The highest BCUT2D eigenvalue weighted by atomic mass is 16.3. The van der Waals surface area contributed by atoms with Crippen molar-refractivity contribution in [2.75, 3.05) is 13.6 Å². The average Bonchev–Trinajstić information content (AvgIpc) is 3.29. The lowest BCUT2D eigenvalue weighted by Gasteiger charge is -2.21. The Morgan fingerprint density at radius 2 is 2.14 bits per heavy atom. The van der Waals surface area contributed by atoms with Crippen LogP contribution in [0, 0.1) is 5.92 Å². The molecule has 0 radical (unpaired) electrons. The first-order valence-corrected chi connectivity index (χ1v) is 8.18. The van der Waals surface area contributed by atoms with Gasteiger partial charge in [0.2, 0.25) is 0 Å². The molecule has 1 aromatic rings. The van der Waals surface area contributed by atoms with Crippen molar-refractivity contribution in [3.05, 3.63) is 17.0 Å². The van der Waals surface area contributed by atoms with E-state index < -0.39 is 6.10 Å². The third-order valence-corrected chi connectivity index (χ3v) is 4.42. The van der Waals surface area contributed by atoms with Gasteiger partial charge in [0.05, 0.1) is 11.8 Å². The van der Waals surface area contributed by atoms with Gasteiger partial charge in [-0.25, -0.2) is 4.79 Å². The van der Waals surface area contributed by atoms with Gasteiger partial charge < -0.3 is 15.3 Å². The van der Waals surface area contributed by atoms with Crippen LogP contribution in [0.15, 0.2) is 0 Å². The first-order chi connectivity index (χ1) is 10.5. The predicted molar refractivity (Wildman–Crippen MR) is 85.6 cm³/mol. The molecule has 0 aliphatic heterocycles. The quantitative estimate of drug-likeness (QED) is 0.801. The Bertz CT molecular complexity index is 522. The summed E-state index contributed by atoms with van der Waals surface area (Å²) in [5, 5.41) is 17.4. The van der Waals surface area contributed by atoms with Gasteiger partial charge >= 0.3 is 6.03 Å². The summed E-state index contributed by atoms with van der Waals surface area (Å²) in [6, 6.07) is -0.146. The number of carbonyl (C=O) groups is 1. The molecule has 0 saturated heterocycles. The van der Waals surface area contributed by atoms with Gasteiger partial charge in [0.25, 0.3) is 0 Å². The molecule has 1 atom stereocenters. The summed E-state index contributed by atoms with van der Waals surface area (Å²) in [5.74, 6) is 0.381. The number of nitrogens with one attached hydrogen (secondary N) is 1. The monoisotopic (exact) mass is 308 g/mol. The van der Waals surface area contributed by atoms with Gasteiger partial charge in [0, 0.05) is 38.4 Å². The van der Waals surface area contributed by atoms with Crippen molar-refractivity contribution < 1.29 is 9.90 Å². The highest BCUT2D eigenvalue weighted by Gasteiger charge is 2.31. The number of likely N-dealkylation sites (N-methyl/N-ethyl adjacent to an activating group) is 1. The number of rotatable bonds is 7. The maximum atomic E-state index is 12.2. The average molecular weight is 308 g/mol. The predicted octanol–water partition coefficient (Wildman–Crippen LogP) is 1.46. The highest BCUT2D eigenvalue weighted by molar-refractivity contribution is 5.73. The van der Waals surface area contributed by atoms with Crippen molar-refractivity contribution in [3.63, 3.8) is 0 Å². The standard InChI is InChI=1S/C16H28N4O2/c1-5-13-12(14(6-2)20(4)18-13)9-17-16(22)19(3)10-15(21)11-7-8-11/h11,15,21H,5-10H2,1-4H3,(H,17,22). The number of hydrogen-bond donors (Lipinski definition) is 2. The van der Waals surface area contributed by atoms with E-state index in [1.54, 1.807) is 11.9 Å². The van der Waals surface area contributed by atoms with Gasteiger partial charge in [0.1, 0.15) is 0 Å². The Morgan fingerprint density at radius 3 is 2.68 bits per heavy atom. The van der Waals surface area contributed by atoms with Crippen molar-refractivity contribution in [1.29, 1.82) is 0 Å². The summed E-state index contributed by atoms with van der Waals surface area (Å²) in [5.41, 5.74) is 3.33. The maximum Gasteiger partial charge on any atom is 0.317 e. The normalized spacial score (nSPS) is 15.7. The maximum absolute atomic E-state index is 12.2. The molecule has 22 heavy (non-hydrogen) atoms. The molecule has 124 valence electrons. The van der Waals surface area contributed by atoms with E-state index in [1.807, 2.05) is 11.7 Å². The lowest BCUT2D eigenvalue weighted by Crippen LogP contribution is -2.41. The molecule has 6 heteroatoms. The van der Waals surface area contributed by atoms with Gasteiger partial charge in [-0.2, -0.15) is 5.10 Å². The van der Waals surface area contributed by atoms with Crippen LogP contribution in [-0.2, 0) is 26.4 Å². The molecule has 1 aromatic heterocycles. The Balaban J connectivity index is 1.92. The molecule has 1 aliphatic rings. The van der Waals surface area contributed by atoms with Crippen molar-refractivity contribution in [2.45, 2.75) is 52.2 Å². The number of nitrogens with zero attached hydrogens (tertiary/aromatic N) is 3. The smallest absolute Gasteiger partial charge is 0.317 e. The molecule has 1 fully saturated rings. The summed E-state index contributed by atoms with van der Waals surface area (Å²) in [7, 11) is 3.67. The molecular formula is C16H28N4O2. The third-order valence-electron chi connectivity index (χ3n) is 4.42. The summed E-state index contributed by atoms with van der Waals surface area (Å²) < 4.78 is 1.90. The zero-order chi connectivity index (χ0) is 16.3. The van der Waals surface area contributed by atoms with Gasteiger partial charge in [0.15, 0.2) is 0 Å². The van der Waals surface area contributed by atoms with Crippen LogP contribution in [0.2, 0.25) is 0 Å². The Kier molecular flexibility index (Phi) is 5.45. The SMILES string of the molecule is CCc1nn(C)c(CC)c1CNC(=O)N(C)CC(O)C1CC1. The van der Waals surface area contributed by atoms with Gasteiger partial charge in [-0.1, -0.05) is 13.8 Å². The van der Waals surface area contributed by atoms with E-state index in [2.05, 4.69) is 24.3 Å². The fourth-order valence-corrected chi connectivity index (χ4v) is 2.89. The van der Waals surface area contributed by atoms with E-state index in [9.17, 15) is 9.90 Å². The van der Waals surface area contributed by atoms with Crippen LogP contribution in [-0.4, -0.2) is 45.5 Å². The second-order valence-corrected chi connectivity index (χ2v) is 6.15. The highest BCUT2D eigenvalue weighted by Crippen LogP contribution is 2.32. The van der Waals surface area contributed by atoms with Gasteiger partial charge in [-0.3, -0.25) is 4.68 Å². The molecule has 0 spiro atoms. The van der Waals surface area contributed by atoms with Crippen LogP contribution in [0.5, 0.6) is 0 Å². The molecule has 1 aliphatic carbocycles. The molecule has 2 amide bonds. The molecule has 2 rings (SSSR count). The number of aryl methyl sites for hydroxylation is 2. The topological polar surface area (TPSA) is 70.4 Å². The van der Waals surface area contributed by atoms with Crippen LogP contribution >= 0.6 is 0 Å². The molecule has 1 unspecified atom stereocenters.